The standard InChI is InChI=1S/C26H30N2O3S3/c1-6-19(15-24-27(8-3)20-13-17(4)9-11-22(20)32-24)16-25-28(26(7-2)34(29,30)31)21-14-18(5)10-12-23(21)33-25/h9-16,26H,6-8H2,1-5H3/p+1. The highest BCUT2D eigenvalue weighted by atomic mass is 32.2. The highest BCUT2D eigenvalue weighted by Gasteiger charge is 2.37. The van der Waals surface area contributed by atoms with Crippen molar-refractivity contribution in [1.82, 2.24) is 0 Å². The summed E-state index contributed by atoms with van der Waals surface area (Å²) in [6.45, 7) is 11.0. The van der Waals surface area contributed by atoms with Crippen molar-refractivity contribution >= 4 is 55.2 Å². The van der Waals surface area contributed by atoms with Crippen molar-refractivity contribution in [1.29, 1.82) is 0 Å². The van der Waals surface area contributed by atoms with Crippen molar-refractivity contribution in [3.05, 3.63) is 69.2 Å². The molecule has 0 saturated heterocycles. The van der Waals surface area contributed by atoms with E-state index in [1.54, 1.807) is 34.9 Å². The molecular weight excluding hydrogens is 484 g/mol. The first kappa shape index (κ1) is 25.0. The van der Waals surface area contributed by atoms with Crippen LogP contribution in [0.3, 0.4) is 0 Å². The molecule has 0 bridgehead atoms. The molecule has 180 valence electrons. The average Bonchev–Trinajstić information content (AvgIpc) is 3.29. The van der Waals surface area contributed by atoms with Gasteiger partial charge in [0.15, 0.2) is 5.37 Å². The van der Waals surface area contributed by atoms with E-state index in [9.17, 15) is 13.0 Å². The van der Waals surface area contributed by atoms with Crippen LogP contribution in [0.1, 0.15) is 49.7 Å². The molecule has 1 aliphatic heterocycles. The number of benzene rings is 2. The van der Waals surface area contributed by atoms with Gasteiger partial charge >= 0.3 is 0 Å². The first-order valence-electron chi connectivity index (χ1n) is 11.6. The quantitative estimate of drug-likeness (QED) is 0.280. The number of thiazole rings is 1. The molecule has 3 aromatic rings. The van der Waals surface area contributed by atoms with E-state index >= 15 is 0 Å². The molecule has 1 unspecified atom stereocenters. The van der Waals surface area contributed by atoms with Gasteiger partial charge in [0.1, 0.15) is 11.2 Å². The van der Waals surface area contributed by atoms with Gasteiger partial charge in [-0.15, -0.1) is 0 Å². The third-order valence-corrected chi connectivity index (χ3v) is 9.47. The molecule has 0 radical (unpaired) electrons. The SMILES string of the molecule is CCC(=Cc1sc2ccc(C)cc2[n+]1CC)C=C1Sc2ccc(C)cc2N1C(CC)S(=O)(=O)O. The van der Waals surface area contributed by atoms with Crippen LogP contribution < -0.4 is 9.47 Å². The zero-order chi connectivity index (χ0) is 24.6. The molecule has 5 nitrogen and oxygen atoms in total. The minimum atomic E-state index is -4.27. The number of fused-ring (bicyclic) bond motifs is 2. The minimum absolute atomic E-state index is 0.279. The Labute approximate surface area is 210 Å². The van der Waals surface area contributed by atoms with Gasteiger partial charge in [-0.2, -0.15) is 13.0 Å². The summed E-state index contributed by atoms with van der Waals surface area (Å²) < 4.78 is 38.2. The average molecular weight is 516 g/mol. The van der Waals surface area contributed by atoms with E-state index in [2.05, 4.69) is 55.7 Å². The number of aryl methyl sites for hydroxylation is 3. The van der Waals surface area contributed by atoms with Gasteiger partial charge in [0.2, 0.25) is 5.52 Å². The second-order valence-corrected chi connectivity index (χ2v) is 12.2. The molecule has 1 atom stereocenters. The van der Waals surface area contributed by atoms with Crippen LogP contribution in [0.25, 0.3) is 16.3 Å². The maximum Gasteiger partial charge on any atom is 0.286 e. The third kappa shape index (κ3) is 4.82. The number of hydrogen-bond donors (Lipinski definition) is 1. The Kier molecular flexibility index (Phi) is 7.24. The lowest BCUT2D eigenvalue weighted by molar-refractivity contribution is -0.665. The molecule has 1 aromatic heterocycles. The van der Waals surface area contributed by atoms with Gasteiger partial charge in [-0.05, 0) is 74.6 Å². The third-order valence-electron chi connectivity index (χ3n) is 6.03. The molecule has 0 spiro atoms. The summed E-state index contributed by atoms with van der Waals surface area (Å²) in [6, 6.07) is 12.6. The molecule has 2 heterocycles. The summed E-state index contributed by atoms with van der Waals surface area (Å²) in [7, 11) is -4.27. The van der Waals surface area contributed by atoms with Crippen LogP contribution in [0, 0.1) is 13.8 Å². The van der Waals surface area contributed by atoms with Gasteiger partial charge in [-0.25, -0.2) is 0 Å². The van der Waals surface area contributed by atoms with Gasteiger partial charge in [-0.1, -0.05) is 49.1 Å². The highest BCUT2D eigenvalue weighted by Crippen LogP contribution is 2.49. The first-order valence-corrected chi connectivity index (χ1v) is 14.7. The van der Waals surface area contributed by atoms with E-state index < -0.39 is 15.5 Å². The zero-order valence-electron chi connectivity index (χ0n) is 20.2. The van der Waals surface area contributed by atoms with Crippen LogP contribution in [0.4, 0.5) is 5.69 Å². The molecule has 1 N–H and O–H groups in total. The predicted molar refractivity (Wildman–Crippen MR) is 144 cm³/mol. The summed E-state index contributed by atoms with van der Waals surface area (Å²) >= 11 is 3.32. The molecule has 8 heteroatoms. The van der Waals surface area contributed by atoms with Crippen LogP contribution in [0.15, 0.2) is 58.0 Å². The lowest BCUT2D eigenvalue weighted by Gasteiger charge is -2.28. The molecule has 34 heavy (non-hydrogen) atoms. The van der Waals surface area contributed by atoms with Crippen molar-refractivity contribution in [2.45, 2.75) is 64.3 Å². The number of anilines is 1. The second-order valence-electron chi connectivity index (χ2n) is 8.53. The molecule has 0 amide bonds. The fraction of sp³-hybridized carbons (Fsp3) is 0.346. The van der Waals surface area contributed by atoms with Crippen LogP contribution >= 0.6 is 23.1 Å². The Morgan fingerprint density at radius 1 is 1.12 bits per heavy atom. The first-order chi connectivity index (χ1) is 16.2. The lowest BCUT2D eigenvalue weighted by atomic mass is 10.1. The van der Waals surface area contributed by atoms with E-state index in [1.807, 2.05) is 25.1 Å². The van der Waals surface area contributed by atoms with Crippen molar-refractivity contribution in [2.75, 3.05) is 4.90 Å². The molecule has 2 aromatic carbocycles. The van der Waals surface area contributed by atoms with Crippen molar-refractivity contribution in [3.8, 4) is 0 Å². The number of nitrogens with zero attached hydrogens (tertiary/aromatic N) is 2. The Morgan fingerprint density at radius 2 is 1.82 bits per heavy atom. The maximum atomic E-state index is 12.3. The number of rotatable bonds is 7. The maximum absolute atomic E-state index is 12.3. The van der Waals surface area contributed by atoms with Gasteiger partial charge in [-0.3, -0.25) is 4.55 Å². The summed E-state index contributed by atoms with van der Waals surface area (Å²) in [6.07, 6.45) is 5.36. The topological polar surface area (TPSA) is 61.5 Å². The number of hydrogen-bond acceptors (Lipinski definition) is 5. The van der Waals surface area contributed by atoms with Gasteiger partial charge < -0.3 is 4.90 Å². The molecule has 1 aliphatic rings. The van der Waals surface area contributed by atoms with Crippen LogP contribution in [-0.2, 0) is 16.7 Å². The zero-order valence-corrected chi connectivity index (χ0v) is 22.6. The predicted octanol–water partition coefficient (Wildman–Crippen LogP) is 6.70. The number of thioether (sulfide) groups is 1. The second kappa shape index (κ2) is 9.85. The van der Waals surface area contributed by atoms with E-state index in [1.165, 1.54) is 20.8 Å². The Hall–Kier alpha value is -2.13. The monoisotopic (exact) mass is 515 g/mol. The summed E-state index contributed by atoms with van der Waals surface area (Å²) in [4.78, 5) is 2.78. The van der Waals surface area contributed by atoms with Crippen molar-refractivity contribution in [3.63, 3.8) is 0 Å². The number of allylic oxidation sites excluding steroid dienone is 2. The fourth-order valence-electron chi connectivity index (χ4n) is 4.31. The Morgan fingerprint density at radius 3 is 2.47 bits per heavy atom. The molecule has 0 aliphatic carbocycles. The van der Waals surface area contributed by atoms with Crippen molar-refractivity contribution < 1.29 is 17.5 Å². The normalized spacial score (nSPS) is 16.5. The highest BCUT2D eigenvalue weighted by molar-refractivity contribution is 8.03. The van der Waals surface area contributed by atoms with Crippen LogP contribution in [0.5, 0.6) is 0 Å². The molecular formula is C26H31N2O3S3+. The smallest absolute Gasteiger partial charge is 0.286 e. The fourth-order valence-corrected chi connectivity index (χ4v) is 7.63. The van der Waals surface area contributed by atoms with Crippen molar-refractivity contribution in [2.24, 2.45) is 0 Å². The van der Waals surface area contributed by atoms with Crippen LogP contribution in [0.2, 0.25) is 0 Å². The Bertz CT molecular complexity index is 1400. The van der Waals surface area contributed by atoms with Gasteiger partial charge in [0.25, 0.3) is 15.1 Å². The lowest BCUT2D eigenvalue weighted by Crippen LogP contribution is -2.38. The largest absolute Gasteiger partial charge is 0.315 e. The minimum Gasteiger partial charge on any atom is -0.315 e. The Balaban J connectivity index is 1.84. The van der Waals surface area contributed by atoms with Crippen LogP contribution in [-0.4, -0.2) is 18.3 Å². The van der Waals surface area contributed by atoms with E-state index in [0.717, 1.165) is 39.7 Å². The number of aromatic nitrogens is 1. The summed E-state index contributed by atoms with van der Waals surface area (Å²) in [5, 5.41) is 0.958. The molecule has 4 rings (SSSR count). The van der Waals surface area contributed by atoms with Gasteiger partial charge in [0.05, 0.1) is 10.7 Å². The summed E-state index contributed by atoms with van der Waals surface area (Å²) in [5.41, 5.74) is 5.46. The van der Waals surface area contributed by atoms with E-state index in [0.29, 0.717) is 0 Å². The van der Waals surface area contributed by atoms with E-state index in [-0.39, 0.29) is 6.42 Å². The summed E-state index contributed by atoms with van der Waals surface area (Å²) in [5.74, 6) is 0. The van der Waals surface area contributed by atoms with E-state index in [4.69, 9.17) is 0 Å². The van der Waals surface area contributed by atoms with Gasteiger partial charge in [0, 0.05) is 17.0 Å². The molecule has 0 fully saturated rings. The molecule has 0 saturated carbocycles.